The Bertz CT molecular complexity index is 820. The summed E-state index contributed by atoms with van der Waals surface area (Å²) in [6.45, 7) is -0.0130. The first kappa shape index (κ1) is 15.2. The smallest absolute Gasteiger partial charge is 0.323 e. The molecule has 5 heteroatoms. The van der Waals surface area contributed by atoms with E-state index in [-0.39, 0.29) is 6.54 Å². The van der Waals surface area contributed by atoms with Crippen LogP contribution < -0.4 is 4.90 Å². The Balaban J connectivity index is 1.73. The fourth-order valence-corrected chi connectivity index (χ4v) is 3.13. The molecule has 4 nitrogen and oxygen atoms in total. The lowest BCUT2D eigenvalue weighted by molar-refractivity contribution is -0.135. The molecule has 0 saturated heterocycles. The van der Waals surface area contributed by atoms with E-state index in [4.69, 9.17) is 5.11 Å². The highest BCUT2D eigenvalue weighted by Gasteiger charge is 2.05. The minimum absolute atomic E-state index is 0.0130. The lowest BCUT2D eigenvalue weighted by atomic mass is 10.2. The number of hydrogen-bond donors (Lipinski definition) is 1. The highest BCUT2D eigenvalue weighted by molar-refractivity contribution is 7.19. The zero-order valence-corrected chi connectivity index (χ0v) is 13.5. The molecule has 3 aromatic rings. The van der Waals surface area contributed by atoms with Crippen LogP contribution >= 0.6 is 11.3 Å². The second kappa shape index (κ2) is 6.62. The third-order valence-electron chi connectivity index (χ3n) is 3.44. The molecule has 1 N–H and O–H groups in total. The van der Waals surface area contributed by atoms with Crippen molar-refractivity contribution in [2.75, 3.05) is 18.5 Å². The second-order valence-corrected chi connectivity index (χ2v) is 6.26. The quantitative estimate of drug-likeness (QED) is 0.771. The molecule has 116 valence electrons. The van der Waals surface area contributed by atoms with Crippen LogP contribution in [0.15, 0.2) is 48.5 Å². The molecule has 0 aliphatic carbocycles. The largest absolute Gasteiger partial charge is 0.480 e. The zero-order chi connectivity index (χ0) is 16.2. The van der Waals surface area contributed by atoms with Crippen molar-refractivity contribution in [3.63, 3.8) is 0 Å². The molecule has 3 rings (SSSR count). The molecular formula is C18H16N2O2S. The van der Waals surface area contributed by atoms with E-state index >= 15 is 0 Å². The predicted octanol–water partition coefficient (Wildman–Crippen LogP) is 3.99. The molecular weight excluding hydrogens is 308 g/mol. The third-order valence-corrected chi connectivity index (χ3v) is 4.44. The van der Waals surface area contributed by atoms with Crippen LogP contribution in [-0.2, 0) is 4.79 Å². The van der Waals surface area contributed by atoms with Gasteiger partial charge in [-0.25, -0.2) is 4.98 Å². The Labute approximate surface area is 138 Å². The van der Waals surface area contributed by atoms with Crippen molar-refractivity contribution in [1.29, 1.82) is 0 Å². The van der Waals surface area contributed by atoms with Crippen LogP contribution in [0, 0.1) is 0 Å². The zero-order valence-electron chi connectivity index (χ0n) is 12.6. The summed E-state index contributed by atoms with van der Waals surface area (Å²) in [5.74, 6) is -0.840. The Morgan fingerprint density at radius 1 is 1.17 bits per heavy atom. The maximum atomic E-state index is 10.7. The van der Waals surface area contributed by atoms with Gasteiger partial charge in [0.1, 0.15) is 11.6 Å². The van der Waals surface area contributed by atoms with E-state index < -0.39 is 5.97 Å². The third kappa shape index (κ3) is 3.76. The summed E-state index contributed by atoms with van der Waals surface area (Å²) >= 11 is 1.66. The number of carboxylic acid groups (broad SMARTS) is 1. The molecule has 0 radical (unpaired) electrons. The van der Waals surface area contributed by atoms with Crippen LogP contribution in [0.2, 0.25) is 0 Å². The summed E-state index contributed by atoms with van der Waals surface area (Å²) in [5.41, 5.74) is 2.95. The molecule has 0 aliphatic heterocycles. The average molecular weight is 324 g/mol. The Kier molecular flexibility index (Phi) is 4.39. The summed E-state index contributed by atoms with van der Waals surface area (Å²) in [4.78, 5) is 17.0. The van der Waals surface area contributed by atoms with Crippen molar-refractivity contribution in [2.45, 2.75) is 0 Å². The van der Waals surface area contributed by atoms with Crippen LogP contribution in [0.3, 0.4) is 0 Å². The second-order valence-electron chi connectivity index (χ2n) is 5.19. The summed E-state index contributed by atoms with van der Waals surface area (Å²) in [5, 5.41) is 9.78. The molecule has 23 heavy (non-hydrogen) atoms. The van der Waals surface area contributed by atoms with Crippen LogP contribution in [0.25, 0.3) is 22.4 Å². The number of para-hydroxylation sites is 1. The van der Waals surface area contributed by atoms with Gasteiger partial charge < -0.3 is 10.0 Å². The number of rotatable bonds is 5. The molecule has 0 amide bonds. The number of anilines is 1. The van der Waals surface area contributed by atoms with E-state index in [9.17, 15) is 4.79 Å². The number of hydrogen-bond acceptors (Lipinski definition) is 4. The van der Waals surface area contributed by atoms with E-state index in [2.05, 4.69) is 11.1 Å². The SMILES string of the molecule is CN(CC(=O)O)c1ccc(C=Cc2nc3ccccc3s2)cc1. The molecule has 0 atom stereocenters. The highest BCUT2D eigenvalue weighted by atomic mass is 32.1. The number of carboxylic acids is 1. The fraction of sp³-hybridized carbons (Fsp3) is 0.111. The number of benzene rings is 2. The van der Waals surface area contributed by atoms with E-state index in [1.807, 2.05) is 54.6 Å². The predicted molar refractivity (Wildman–Crippen MR) is 95.9 cm³/mol. The van der Waals surface area contributed by atoms with Gasteiger partial charge in [0.15, 0.2) is 0 Å². The number of aliphatic carboxylic acids is 1. The van der Waals surface area contributed by atoms with Gasteiger partial charge in [-0.2, -0.15) is 0 Å². The molecule has 0 saturated carbocycles. The van der Waals surface area contributed by atoms with Crippen LogP contribution in [0.1, 0.15) is 10.6 Å². The summed E-state index contributed by atoms with van der Waals surface area (Å²) in [6.07, 6.45) is 4.01. The van der Waals surface area contributed by atoms with Crippen LogP contribution in [0.5, 0.6) is 0 Å². The van der Waals surface area contributed by atoms with Gasteiger partial charge in [0.05, 0.1) is 10.2 Å². The molecule has 0 fully saturated rings. The van der Waals surface area contributed by atoms with Crippen molar-refractivity contribution in [3.05, 3.63) is 59.1 Å². The van der Waals surface area contributed by atoms with Crippen molar-refractivity contribution in [2.24, 2.45) is 0 Å². The van der Waals surface area contributed by atoms with Gasteiger partial charge in [0, 0.05) is 12.7 Å². The Hall–Kier alpha value is -2.66. The number of likely N-dealkylation sites (N-methyl/N-ethyl adjacent to an activating group) is 1. The first-order valence-corrected chi connectivity index (χ1v) is 8.00. The Morgan fingerprint density at radius 3 is 2.61 bits per heavy atom. The molecule has 2 aromatic carbocycles. The molecule has 0 bridgehead atoms. The maximum absolute atomic E-state index is 10.7. The van der Waals surface area contributed by atoms with E-state index in [0.717, 1.165) is 21.8 Å². The molecule has 0 aliphatic rings. The number of thiazole rings is 1. The molecule has 0 unspecified atom stereocenters. The lowest BCUT2D eigenvalue weighted by Crippen LogP contribution is -2.24. The van der Waals surface area contributed by atoms with Gasteiger partial charge in [0.2, 0.25) is 0 Å². The summed E-state index contributed by atoms with van der Waals surface area (Å²) < 4.78 is 1.18. The standard InChI is InChI=1S/C18H16N2O2S/c1-20(12-18(21)22)14-9-6-13(7-10-14)8-11-17-19-15-4-2-3-5-16(15)23-17/h2-11H,12H2,1H3,(H,21,22). The van der Waals surface area contributed by atoms with Gasteiger partial charge in [0.25, 0.3) is 0 Å². The van der Waals surface area contributed by atoms with Gasteiger partial charge in [-0.3, -0.25) is 4.79 Å². The number of nitrogens with zero attached hydrogens (tertiary/aromatic N) is 2. The average Bonchev–Trinajstić information content (AvgIpc) is 2.95. The lowest BCUT2D eigenvalue weighted by Gasteiger charge is -2.16. The van der Waals surface area contributed by atoms with Gasteiger partial charge in [-0.1, -0.05) is 30.3 Å². The van der Waals surface area contributed by atoms with Crippen molar-refractivity contribution >= 4 is 45.4 Å². The van der Waals surface area contributed by atoms with Gasteiger partial charge in [-0.15, -0.1) is 11.3 Å². The topological polar surface area (TPSA) is 53.4 Å². The highest BCUT2D eigenvalue weighted by Crippen LogP contribution is 2.23. The maximum Gasteiger partial charge on any atom is 0.323 e. The van der Waals surface area contributed by atoms with Crippen molar-refractivity contribution in [1.82, 2.24) is 4.98 Å². The van der Waals surface area contributed by atoms with Gasteiger partial charge in [-0.05, 0) is 35.9 Å². The van der Waals surface area contributed by atoms with Crippen LogP contribution in [0.4, 0.5) is 5.69 Å². The monoisotopic (exact) mass is 324 g/mol. The number of fused-ring (bicyclic) bond motifs is 1. The first-order valence-electron chi connectivity index (χ1n) is 7.18. The van der Waals surface area contributed by atoms with E-state index in [1.165, 1.54) is 4.70 Å². The number of carbonyl (C=O) groups is 1. The molecule has 1 heterocycles. The van der Waals surface area contributed by atoms with Crippen molar-refractivity contribution in [3.8, 4) is 0 Å². The van der Waals surface area contributed by atoms with E-state index in [1.54, 1.807) is 23.3 Å². The minimum Gasteiger partial charge on any atom is -0.480 e. The summed E-state index contributed by atoms with van der Waals surface area (Å²) in [6, 6.07) is 15.9. The van der Waals surface area contributed by atoms with Crippen molar-refractivity contribution < 1.29 is 9.90 Å². The molecule has 1 aromatic heterocycles. The minimum atomic E-state index is -0.840. The Morgan fingerprint density at radius 2 is 1.91 bits per heavy atom. The number of aromatic nitrogens is 1. The fourth-order valence-electron chi connectivity index (χ4n) is 2.26. The normalized spacial score (nSPS) is 11.2. The van der Waals surface area contributed by atoms with Crippen LogP contribution in [-0.4, -0.2) is 29.7 Å². The summed E-state index contributed by atoms with van der Waals surface area (Å²) in [7, 11) is 1.76. The van der Waals surface area contributed by atoms with Gasteiger partial charge >= 0.3 is 5.97 Å². The van der Waals surface area contributed by atoms with E-state index in [0.29, 0.717) is 0 Å². The molecule has 0 spiro atoms. The first-order chi connectivity index (χ1) is 11.1.